The van der Waals surface area contributed by atoms with Gasteiger partial charge in [-0.15, -0.1) is 0 Å². The summed E-state index contributed by atoms with van der Waals surface area (Å²) in [5.41, 5.74) is 0.0102. The summed E-state index contributed by atoms with van der Waals surface area (Å²) in [6.45, 7) is 1.92. The fourth-order valence-corrected chi connectivity index (χ4v) is 2.02. The van der Waals surface area contributed by atoms with E-state index in [0.29, 0.717) is 12.1 Å². The van der Waals surface area contributed by atoms with Crippen LogP contribution in [0.3, 0.4) is 0 Å². The monoisotopic (exact) mass is 306 g/mol. The van der Waals surface area contributed by atoms with Crippen LogP contribution in [-0.4, -0.2) is 9.55 Å². The van der Waals surface area contributed by atoms with Crippen LogP contribution in [0.15, 0.2) is 41.9 Å². The highest BCUT2D eigenvalue weighted by molar-refractivity contribution is 5.60. The molecule has 0 aliphatic heterocycles. The molecule has 7 heteroatoms. The average molecular weight is 306 g/mol. The SMILES string of the molecule is CCc1nccn1-c1ccc(NC(C#N)=C(C#N)C#N)cc1F. The summed E-state index contributed by atoms with van der Waals surface area (Å²) in [5.74, 6) is 0.203. The summed E-state index contributed by atoms with van der Waals surface area (Å²) >= 11 is 0. The Bertz CT molecular complexity index is 873. The Labute approximate surface area is 132 Å². The zero-order chi connectivity index (χ0) is 16.8. The highest BCUT2D eigenvalue weighted by Gasteiger charge is 2.11. The molecular formula is C16H11FN6. The second-order valence-electron chi connectivity index (χ2n) is 4.44. The molecule has 0 fully saturated rings. The van der Waals surface area contributed by atoms with Gasteiger partial charge in [-0.25, -0.2) is 9.37 Å². The summed E-state index contributed by atoms with van der Waals surface area (Å²) in [6.07, 6.45) is 3.91. The van der Waals surface area contributed by atoms with Gasteiger partial charge in [-0.1, -0.05) is 6.92 Å². The molecule has 0 saturated carbocycles. The summed E-state index contributed by atoms with van der Waals surface area (Å²) < 4.78 is 16.0. The van der Waals surface area contributed by atoms with Gasteiger partial charge in [0.25, 0.3) is 0 Å². The number of allylic oxidation sites excluding steroid dienone is 2. The molecule has 2 aromatic rings. The van der Waals surface area contributed by atoms with Crippen molar-refractivity contribution in [1.29, 1.82) is 15.8 Å². The molecular weight excluding hydrogens is 295 g/mol. The van der Waals surface area contributed by atoms with Crippen molar-refractivity contribution in [3.63, 3.8) is 0 Å². The van der Waals surface area contributed by atoms with Gasteiger partial charge in [0, 0.05) is 24.5 Å². The molecule has 2 rings (SSSR count). The van der Waals surface area contributed by atoms with Crippen molar-refractivity contribution < 1.29 is 4.39 Å². The van der Waals surface area contributed by atoms with Crippen LogP contribution in [0.5, 0.6) is 0 Å². The molecule has 1 N–H and O–H groups in total. The second-order valence-corrected chi connectivity index (χ2v) is 4.44. The van der Waals surface area contributed by atoms with Crippen LogP contribution < -0.4 is 5.32 Å². The van der Waals surface area contributed by atoms with Gasteiger partial charge >= 0.3 is 0 Å². The third-order valence-corrected chi connectivity index (χ3v) is 3.10. The third-order valence-electron chi connectivity index (χ3n) is 3.10. The molecule has 0 saturated heterocycles. The summed E-state index contributed by atoms with van der Waals surface area (Å²) in [6, 6.07) is 9.23. The van der Waals surface area contributed by atoms with Gasteiger partial charge in [-0.2, -0.15) is 15.8 Å². The van der Waals surface area contributed by atoms with Crippen LogP contribution in [0, 0.1) is 39.8 Å². The van der Waals surface area contributed by atoms with Crippen LogP contribution in [0.25, 0.3) is 5.69 Å². The Kier molecular flexibility index (Phi) is 4.72. The molecule has 0 amide bonds. The normalized spacial score (nSPS) is 9.35. The predicted molar refractivity (Wildman–Crippen MR) is 80.4 cm³/mol. The van der Waals surface area contributed by atoms with E-state index in [1.165, 1.54) is 12.1 Å². The second kappa shape index (κ2) is 6.89. The van der Waals surface area contributed by atoms with Gasteiger partial charge in [-0.05, 0) is 18.2 Å². The van der Waals surface area contributed by atoms with E-state index >= 15 is 0 Å². The predicted octanol–water partition coefficient (Wildman–Crippen LogP) is 2.81. The maximum absolute atomic E-state index is 14.3. The zero-order valence-electron chi connectivity index (χ0n) is 12.2. The van der Waals surface area contributed by atoms with Crippen LogP contribution in [0.2, 0.25) is 0 Å². The van der Waals surface area contributed by atoms with E-state index in [1.54, 1.807) is 41.2 Å². The summed E-state index contributed by atoms with van der Waals surface area (Å²) in [5, 5.41) is 29.1. The number of anilines is 1. The number of hydrogen-bond donors (Lipinski definition) is 1. The Hall–Kier alpha value is -3.63. The van der Waals surface area contributed by atoms with E-state index < -0.39 is 5.82 Å². The number of aryl methyl sites for hydroxylation is 1. The molecule has 0 atom stereocenters. The van der Waals surface area contributed by atoms with Crippen LogP contribution in [0.4, 0.5) is 10.1 Å². The Morgan fingerprint density at radius 2 is 2.00 bits per heavy atom. The molecule has 0 spiro atoms. The standard InChI is InChI=1S/C16H11FN6/c1-2-16-21-5-6-23(16)15-4-3-12(7-13(15)17)22-14(10-20)11(8-18)9-19/h3-7,22H,2H2,1H3. The smallest absolute Gasteiger partial charge is 0.163 e. The Morgan fingerprint density at radius 3 is 2.57 bits per heavy atom. The minimum Gasteiger partial charge on any atom is -0.345 e. The zero-order valence-corrected chi connectivity index (χ0v) is 12.2. The number of aromatic nitrogens is 2. The number of rotatable bonds is 4. The van der Waals surface area contributed by atoms with Crippen molar-refractivity contribution >= 4 is 5.69 Å². The molecule has 0 aliphatic carbocycles. The number of nitriles is 3. The summed E-state index contributed by atoms with van der Waals surface area (Å²) in [4.78, 5) is 4.14. The van der Waals surface area contributed by atoms with Gasteiger partial charge in [0.15, 0.2) is 5.57 Å². The first-order valence-electron chi connectivity index (χ1n) is 6.68. The topological polar surface area (TPSA) is 101 Å². The highest BCUT2D eigenvalue weighted by Crippen LogP contribution is 2.21. The molecule has 6 nitrogen and oxygen atoms in total. The van der Waals surface area contributed by atoms with Crippen molar-refractivity contribution in [3.8, 4) is 23.9 Å². The number of halogens is 1. The first-order valence-corrected chi connectivity index (χ1v) is 6.68. The lowest BCUT2D eigenvalue weighted by molar-refractivity contribution is 0.616. The van der Waals surface area contributed by atoms with E-state index in [9.17, 15) is 4.39 Å². The highest BCUT2D eigenvalue weighted by atomic mass is 19.1. The summed E-state index contributed by atoms with van der Waals surface area (Å²) in [7, 11) is 0. The molecule has 1 aromatic heterocycles. The lowest BCUT2D eigenvalue weighted by atomic mass is 10.2. The van der Waals surface area contributed by atoms with E-state index in [4.69, 9.17) is 15.8 Å². The quantitative estimate of drug-likeness (QED) is 0.875. The van der Waals surface area contributed by atoms with Crippen LogP contribution in [-0.2, 0) is 6.42 Å². The minimum absolute atomic E-state index is 0.223. The lowest BCUT2D eigenvalue weighted by Crippen LogP contribution is -2.04. The molecule has 23 heavy (non-hydrogen) atoms. The van der Waals surface area contributed by atoms with Crippen molar-refractivity contribution in [2.45, 2.75) is 13.3 Å². The molecule has 1 aromatic carbocycles. The molecule has 1 heterocycles. The van der Waals surface area contributed by atoms with Gasteiger partial charge in [0.1, 0.15) is 35.5 Å². The van der Waals surface area contributed by atoms with Gasteiger partial charge < -0.3 is 9.88 Å². The fourth-order valence-electron chi connectivity index (χ4n) is 2.02. The van der Waals surface area contributed by atoms with Gasteiger partial charge in [0.2, 0.25) is 0 Å². The molecule has 0 aliphatic rings. The maximum Gasteiger partial charge on any atom is 0.163 e. The van der Waals surface area contributed by atoms with Gasteiger partial charge in [0.05, 0.1) is 5.69 Å². The van der Waals surface area contributed by atoms with Crippen molar-refractivity contribution in [2.75, 3.05) is 5.32 Å². The van der Waals surface area contributed by atoms with Gasteiger partial charge in [-0.3, -0.25) is 0 Å². The van der Waals surface area contributed by atoms with Crippen molar-refractivity contribution in [2.24, 2.45) is 0 Å². The molecule has 0 unspecified atom stereocenters. The van der Waals surface area contributed by atoms with Crippen molar-refractivity contribution in [3.05, 3.63) is 53.5 Å². The number of imidazole rings is 1. The largest absolute Gasteiger partial charge is 0.345 e. The van der Waals surface area contributed by atoms with Crippen LogP contribution in [0.1, 0.15) is 12.7 Å². The molecule has 0 radical (unpaired) electrons. The first-order chi connectivity index (χ1) is 11.1. The Balaban J connectivity index is 2.38. The number of benzene rings is 1. The van der Waals surface area contributed by atoms with E-state index in [-0.39, 0.29) is 17.0 Å². The minimum atomic E-state index is -0.518. The molecule has 112 valence electrons. The Morgan fingerprint density at radius 1 is 1.26 bits per heavy atom. The number of nitrogens with one attached hydrogen (secondary N) is 1. The third kappa shape index (κ3) is 3.18. The fraction of sp³-hybridized carbons (Fsp3) is 0.125. The number of hydrogen-bond acceptors (Lipinski definition) is 5. The lowest BCUT2D eigenvalue weighted by Gasteiger charge is -2.10. The van der Waals surface area contributed by atoms with Crippen LogP contribution >= 0.6 is 0 Å². The molecule has 0 bridgehead atoms. The van der Waals surface area contributed by atoms with E-state index in [0.717, 1.165) is 5.82 Å². The maximum atomic E-state index is 14.3. The number of nitrogens with zero attached hydrogens (tertiary/aromatic N) is 5. The van der Waals surface area contributed by atoms with E-state index in [2.05, 4.69) is 10.3 Å². The van der Waals surface area contributed by atoms with E-state index in [1.807, 2.05) is 6.92 Å². The first kappa shape index (κ1) is 15.8. The average Bonchev–Trinajstić information content (AvgIpc) is 3.03. The van der Waals surface area contributed by atoms with Crippen molar-refractivity contribution in [1.82, 2.24) is 9.55 Å².